The molecule has 0 saturated heterocycles. The molecule has 0 unspecified atom stereocenters. The molecule has 3 aromatic carbocycles. The molecule has 37 heavy (non-hydrogen) atoms. The third-order valence-electron chi connectivity index (χ3n) is 5.42. The monoisotopic (exact) mass is 531 g/mol. The highest BCUT2D eigenvalue weighted by Crippen LogP contribution is 2.42. The van der Waals surface area contributed by atoms with Gasteiger partial charge >= 0.3 is 0 Å². The zero-order valence-electron chi connectivity index (χ0n) is 21.3. The number of ether oxygens (including phenoxy) is 6. The van der Waals surface area contributed by atoms with Crippen molar-refractivity contribution in [3.05, 3.63) is 53.6 Å². The molecule has 0 spiro atoms. The number of nitrogens with one attached hydrogen (secondary N) is 1. The number of phenols is 1. The van der Waals surface area contributed by atoms with Crippen molar-refractivity contribution in [3.8, 4) is 40.2 Å². The summed E-state index contributed by atoms with van der Waals surface area (Å²) in [5, 5.41) is 10.1. The van der Waals surface area contributed by atoms with Crippen LogP contribution in [0.1, 0.15) is 11.1 Å². The van der Waals surface area contributed by atoms with E-state index in [1.165, 1.54) is 54.8 Å². The molecule has 0 aromatic heterocycles. The Morgan fingerprint density at radius 2 is 1.24 bits per heavy atom. The summed E-state index contributed by atoms with van der Waals surface area (Å²) in [4.78, 5) is -0.171. The Morgan fingerprint density at radius 3 is 1.76 bits per heavy atom. The minimum atomic E-state index is -4.15. The number of hydrogen-bond donors (Lipinski definition) is 2. The number of aromatic hydroxyl groups is 1. The number of methoxy groups -OCH3 is 6. The van der Waals surface area contributed by atoms with Gasteiger partial charge in [0.1, 0.15) is 5.69 Å². The Kier molecular flexibility index (Phi) is 8.61. The largest absolute Gasteiger partial charge is 0.504 e. The molecule has 0 saturated carbocycles. The Morgan fingerprint density at radius 1 is 0.676 bits per heavy atom. The molecule has 0 bridgehead atoms. The molecule has 11 heteroatoms. The molecule has 0 aliphatic rings. The van der Waals surface area contributed by atoms with Crippen LogP contribution < -0.4 is 33.1 Å². The van der Waals surface area contributed by atoms with E-state index in [1.54, 1.807) is 36.4 Å². The summed E-state index contributed by atoms with van der Waals surface area (Å²) in [6.45, 7) is 0. The van der Waals surface area contributed by atoms with Gasteiger partial charge in [0, 0.05) is 11.6 Å². The van der Waals surface area contributed by atoms with Crippen molar-refractivity contribution in [3.63, 3.8) is 0 Å². The minimum Gasteiger partial charge on any atom is -0.504 e. The summed E-state index contributed by atoms with van der Waals surface area (Å²) in [7, 11) is 4.62. The van der Waals surface area contributed by atoms with Crippen LogP contribution in [-0.4, -0.2) is 56.2 Å². The number of sulfonamides is 1. The van der Waals surface area contributed by atoms with Crippen LogP contribution in [0.5, 0.6) is 40.2 Å². The first kappa shape index (κ1) is 27.3. The molecule has 198 valence electrons. The lowest BCUT2D eigenvalue weighted by Gasteiger charge is -2.17. The van der Waals surface area contributed by atoms with Crippen LogP contribution >= 0.6 is 0 Å². The molecule has 0 fully saturated rings. The average molecular weight is 532 g/mol. The van der Waals surface area contributed by atoms with Gasteiger partial charge in [0.2, 0.25) is 5.75 Å². The Labute approximate surface area is 216 Å². The minimum absolute atomic E-state index is 0.140. The zero-order valence-corrected chi connectivity index (χ0v) is 22.1. The lowest BCUT2D eigenvalue weighted by Crippen LogP contribution is -2.15. The summed E-state index contributed by atoms with van der Waals surface area (Å²) in [5.41, 5.74) is 1.33. The van der Waals surface area contributed by atoms with E-state index in [0.29, 0.717) is 34.1 Å². The highest BCUT2D eigenvalue weighted by Gasteiger charge is 2.22. The second kappa shape index (κ2) is 11.7. The summed E-state index contributed by atoms with van der Waals surface area (Å²) in [5.74, 6) is 1.71. The predicted octanol–water partition coefficient (Wildman–Crippen LogP) is 4.42. The third kappa shape index (κ3) is 5.78. The quantitative estimate of drug-likeness (QED) is 0.346. The van der Waals surface area contributed by atoms with E-state index in [9.17, 15) is 13.5 Å². The van der Waals surface area contributed by atoms with Crippen LogP contribution in [0.2, 0.25) is 0 Å². The van der Waals surface area contributed by atoms with E-state index < -0.39 is 10.0 Å². The Hall–Kier alpha value is -4.25. The van der Waals surface area contributed by atoms with Crippen LogP contribution in [0.15, 0.2) is 47.4 Å². The van der Waals surface area contributed by atoms with Gasteiger partial charge in [-0.15, -0.1) is 0 Å². The van der Waals surface area contributed by atoms with Gasteiger partial charge in [-0.05, 0) is 42.0 Å². The van der Waals surface area contributed by atoms with Crippen LogP contribution in [0.4, 0.5) is 5.69 Å². The van der Waals surface area contributed by atoms with Crippen LogP contribution in [0, 0.1) is 0 Å². The number of anilines is 1. The van der Waals surface area contributed by atoms with E-state index in [2.05, 4.69) is 4.72 Å². The summed E-state index contributed by atoms with van der Waals surface area (Å²) < 4.78 is 61.1. The highest BCUT2D eigenvalue weighted by molar-refractivity contribution is 7.92. The maximum absolute atomic E-state index is 13.3. The van der Waals surface area contributed by atoms with Gasteiger partial charge < -0.3 is 33.5 Å². The maximum Gasteiger partial charge on any atom is 0.262 e. The average Bonchev–Trinajstić information content (AvgIpc) is 2.90. The predicted molar refractivity (Wildman–Crippen MR) is 140 cm³/mol. The smallest absolute Gasteiger partial charge is 0.262 e. The molecule has 10 nitrogen and oxygen atoms in total. The lowest BCUT2D eigenvalue weighted by molar-refractivity contribution is 0.324. The van der Waals surface area contributed by atoms with Crippen molar-refractivity contribution in [2.75, 3.05) is 47.4 Å². The van der Waals surface area contributed by atoms with Gasteiger partial charge in [0.25, 0.3) is 10.0 Å². The first-order valence-electron chi connectivity index (χ1n) is 10.9. The van der Waals surface area contributed by atoms with Gasteiger partial charge in [0.15, 0.2) is 34.5 Å². The van der Waals surface area contributed by atoms with Crippen molar-refractivity contribution in [1.29, 1.82) is 0 Å². The molecule has 3 rings (SSSR count). The Bertz CT molecular complexity index is 1380. The van der Waals surface area contributed by atoms with E-state index in [4.69, 9.17) is 28.4 Å². The second-order valence-corrected chi connectivity index (χ2v) is 9.18. The normalized spacial score (nSPS) is 11.2. The van der Waals surface area contributed by atoms with Crippen molar-refractivity contribution in [2.24, 2.45) is 0 Å². The van der Waals surface area contributed by atoms with E-state index in [-0.39, 0.29) is 27.8 Å². The molecule has 0 aliphatic carbocycles. The SMILES string of the molecule is COc1ccc(S(=O)(=O)Nc2c(/C=C\c3cc(OC)c(OC)c(OC)c3)ccc(OC)c2OC)cc1O. The molecule has 0 heterocycles. The van der Waals surface area contributed by atoms with Gasteiger partial charge in [-0.2, -0.15) is 0 Å². The summed E-state index contributed by atoms with van der Waals surface area (Å²) in [6, 6.07) is 10.6. The van der Waals surface area contributed by atoms with Crippen molar-refractivity contribution in [1.82, 2.24) is 0 Å². The Balaban J connectivity index is 2.10. The molecular formula is C26H29NO9S. The van der Waals surface area contributed by atoms with Gasteiger partial charge in [-0.1, -0.05) is 12.2 Å². The zero-order chi connectivity index (χ0) is 27.2. The first-order chi connectivity index (χ1) is 17.7. The fourth-order valence-corrected chi connectivity index (χ4v) is 4.71. The topological polar surface area (TPSA) is 122 Å². The van der Waals surface area contributed by atoms with Crippen molar-refractivity contribution in [2.45, 2.75) is 4.90 Å². The molecule has 0 amide bonds. The molecule has 0 atom stereocenters. The van der Waals surface area contributed by atoms with Crippen LogP contribution in [0.3, 0.4) is 0 Å². The standard InChI is InChI=1S/C26H29NO9S/c1-31-20-12-10-18(15-19(20)28)37(29,30)27-24-17(9-11-21(32-2)26(24)36-6)8-7-16-13-22(33-3)25(35-5)23(14-16)34-4/h7-15,27-28H,1-6H3/b8-7-. The van der Waals surface area contributed by atoms with Crippen LogP contribution in [0.25, 0.3) is 12.2 Å². The molecule has 3 aromatic rings. The number of hydrogen-bond acceptors (Lipinski definition) is 9. The second-order valence-electron chi connectivity index (χ2n) is 7.50. The van der Waals surface area contributed by atoms with E-state index in [1.807, 2.05) is 0 Å². The van der Waals surface area contributed by atoms with E-state index in [0.717, 1.165) is 6.07 Å². The highest BCUT2D eigenvalue weighted by atomic mass is 32.2. The first-order valence-corrected chi connectivity index (χ1v) is 12.3. The van der Waals surface area contributed by atoms with E-state index >= 15 is 0 Å². The van der Waals surface area contributed by atoms with Gasteiger partial charge in [0.05, 0.1) is 47.6 Å². The molecule has 0 aliphatic heterocycles. The van der Waals surface area contributed by atoms with Crippen LogP contribution in [-0.2, 0) is 10.0 Å². The molecule has 0 radical (unpaired) electrons. The summed E-state index contributed by atoms with van der Waals surface area (Å²) in [6.07, 6.45) is 3.45. The van der Waals surface area contributed by atoms with Gasteiger partial charge in [-0.3, -0.25) is 4.72 Å². The fraction of sp³-hybridized carbons (Fsp3) is 0.231. The number of phenolic OH excluding ortho intramolecular Hbond substituents is 1. The van der Waals surface area contributed by atoms with Gasteiger partial charge in [-0.25, -0.2) is 8.42 Å². The van der Waals surface area contributed by atoms with Crippen molar-refractivity contribution >= 4 is 27.9 Å². The molecule has 2 N–H and O–H groups in total. The number of benzene rings is 3. The lowest BCUT2D eigenvalue weighted by atomic mass is 10.1. The fourth-order valence-electron chi connectivity index (χ4n) is 3.60. The van der Waals surface area contributed by atoms with Crippen molar-refractivity contribution < 1.29 is 41.9 Å². The molecular weight excluding hydrogens is 502 g/mol. The summed E-state index contributed by atoms with van der Waals surface area (Å²) >= 11 is 0. The number of rotatable bonds is 11. The third-order valence-corrected chi connectivity index (χ3v) is 6.76. The maximum atomic E-state index is 13.3.